The van der Waals surface area contributed by atoms with Crippen molar-refractivity contribution in [2.75, 3.05) is 7.11 Å². The molecule has 0 bridgehead atoms. The van der Waals surface area contributed by atoms with Gasteiger partial charge in [-0.1, -0.05) is 0 Å². The third-order valence-corrected chi connectivity index (χ3v) is 1.71. The van der Waals surface area contributed by atoms with E-state index in [4.69, 9.17) is 9.76 Å². The van der Waals surface area contributed by atoms with E-state index < -0.39 is 19.4 Å². The lowest BCUT2D eigenvalue weighted by Gasteiger charge is -2.12. The zero-order chi connectivity index (χ0) is 11.5. The molecular formula is C8H8BF3O3. The molecule has 1 aromatic carbocycles. The van der Waals surface area contributed by atoms with Gasteiger partial charge in [-0.15, -0.1) is 0 Å². The van der Waals surface area contributed by atoms with E-state index in [9.17, 15) is 13.2 Å². The van der Waals surface area contributed by atoms with Gasteiger partial charge >= 0.3 is 13.9 Å². The van der Waals surface area contributed by atoms with E-state index in [1.807, 2.05) is 0 Å². The minimum atomic E-state index is -4.43. The number of methoxy groups -OCH3 is 1. The predicted molar refractivity (Wildman–Crippen MR) is 48.0 cm³/mol. The van der Waals surface area contributed by atoms with Crippen LogP contribution >= 0.6 is 0 Å². The third kappa shape index (κ3) is 2.79. The number of hydrogen-bond donors (Lipinski definition) is 1. The van der Waals surface area contributed by atoms with Crippen molar-refractivity contribution in [2.45, 2.75) is 6.18 Å². The minimum Gasteiger partial charge on any atom is -0.536 e. The number of ether oxygens (including phenoxy) is 1. The van der Waals surface area contributed by atoms with Crippen LogP contribution in [0.5, 0.6) is 11.5 Å². The summed E-state index contributed by atoms with van der Waals surface area (Å²) in [6.45, 7) is 0. The van der Waals surface area contributed by atoms with E-state index in [2.05, 4.69) is 4.65 Å². The van der Waals surface area contributed by atoms with Gasteiger partial charge in [0.2, 0.25) is 0 Å². The van der Waals surface area contributed by atoms with Crippen LogP contribution in [0.3, 0.4) is 0 Å². The molecule has 0 amide bonds. The quantitative estimate of drug-likeness (QED) is 0.781. The van der Waals surface area contributed by atoms with Crippen molar-refractivity contribution in [2.24, 2.45) is 0 Å². The van der Waals surface area contributed by atoms with E-state index >= 15 is 0 Å². The Morgan fingerprint density at radius 1 is 1.27 bits per heavy atom. The second kappa shape index (κ2) is 4.44. The van der Waals surface area contributed by atoms with Gasteiger partial charge in [0.25, 0.3) is 0 Å². The molecular weight excluding hydrogens is 212 g/mol. The lowest BCUT2D eigenvalue weighted by atomic mass is 10.2. The van der Waals surface area contributed by atoms with Gasteiger partial charge in [0, 0.05) is 0 Å². The van der Waals surface area contributed by atoms with Gasteiger partial charge in [0.05, 0.1) is 12.7 Å². The molecule has 3 nitrogen and oxygen atoms in total. The summed E-state index contributed by atoms with van der Waals surface area (Å²) >= 11 is 0. The smallest absolute Gasteiger partial charge is 0.504 e. The van der Waals surface area contributed by atoms with E-state index in [0.29, 0.717) is 0 Å². The maximum atomic E-state index is 12.3. The maximum Gasteiger partial charge on any atom is 0.504 e. The fourth-order valence-corrected chi connectivity index (χ4v) is 1.03. The highest BCUT2D eigenvalue weighted by Gasteiger charge is 2.31. The molecule has 0 aliphatic rings. The number of halogens is 3. The average Bonchev–Trinajstić information content (AvgIpc) is 2.17. The van der Waals surface area contributed by atoms with E-state index in [1.165, 1.54) is 7.11 Å². The van der Waals surface area contributed by atoms with Crippen molar-refractivity contribution < 1.29 is 27.6 Å². The van der Waals surface area contributed by atoms with Crippen LogP contribution in [0, 0.1) is 0 Å². The number of hydrogen-bond acceptors (Lipinski definition) is 3. The van der Waals surface area contributed by atoms with Gasteiger partial charge in [-0.05, 0) is 18.2 Å². The molecule has 0 saturated carbocycles. The van der Waals surface area contributed by atoms with Crippen LogP contribution in [0.25, 0.3) is 0 Å². The first kappa shape index (κ1) is 11.7. The van der Waals surface area contributed by atoms with Crippen molar-refractivity contribution in [3.8, 4) is 11.5 Å². The normalized spacial score (nSPS) is 11.0. The summed E-state index contributed by atoms with van der Waals surface area (Å²) < 4.78 is 46.2. The van der Waals surface area contributed by atoms with Crippen molar-refractivity contribution in [3.63, 3.8) is 0 Å². The summed E-state index contributed by atoms with van der Waals surface area (Å²) in [7, 11) is 0.599. The monoisotopic (exact) mass is 220 g/mol. The highest BCUT2D eigenvalue weighted by molar-refractivity contribution is 6.17. The first-order valence-corrected chi connectivity index (χ1v) is 3.98. The fourth-order valence-electron chi connectivity index (χ4n) is 1.03. The summed E-state index contributed by atoms with van der Waals surface area (Å²) in [6.07, 6.45) is -4.43. The molecule has 82 valence electrons. The van der Waals surface area contributed by atoms with Crippen LogP contribution in [0.15, 0.2) is 18.2 Å². The van der Waals surface area contributed by atoms with Gasteiger partial charge < -0.3 is 14.4 Å². The molecule has 0 fully saturated rings. The van der Waals surface area contributed by atoms with E-state index in [1.54, 1.807) is 0 Å². The first-order chi connectivity index (χ1) is 6.99. The number of alkyl halides is 3. The molecule has 0 atom stereocenters. The molecule has 15 heavy (non-hydrogen) atoms. The van der Waals surface area contributed by atoms with Crippen molar-refractivity contribution >= 4 is 7.69 Å². The second-order valence-electron chi connectivity index (χ2n) is 2.64. The van der Waals surface area contributed by atoms with Crippen molar-refractivity contribution in [1.29, 1.82) is 0 Å². The Bertz CT molecular complexity index is 340. The topological polar surface area (TPSA) is 38.7 Å². The molecule has 0 unspecified atom stereocenters. The summed E-state index contributed by atoms with van der Waals surface area (Å²) in [5, 5.41) is 8.47. The summed E-state index contributed by atoms with van der Waals surface area (Å²) in [4.78, 5) is 0. The fraction of sp³-hybridized carbons (Fsp3) is 0.250. The molecule has 1 aromatic rings. The van der Waals surface area contributed by atoms with Crippen LogP contribution in [-0.4, -0.2) is 19.8 Å². The molecule has 0 spiro atoms. The Morgan fingerprint density at radius 3 is 2.40 bits per heavy atom. The lowest BCUT2D eigenvalue weighted by Crippen LogP contribution is -2.07. The van der Waals surface area contributed by atoms with Crippen LogP contribution in [0.1, 0.15) is 5.56 Å². The Hall–Kier alpha value is -1.37. The van der Waals surface area contributed by atoms with Gasteiger partial charge in [-0.25, -0.2) is 0 Å². The highest BCUT2D eigenvalue weighted by Crippen LogP contribution is 2.35. The van der Waals surface area contributed by atoms with Crippen molar-refractivity contribution in [3.05, 3.63) is 23.8 Å². The maximum absolute atomic E-state index is 12.3. The molecule has 0 aliphatic heterocycles. The van der Waals surface area contributed by atoms with E-state index in [-0.39, 0.29) is 11.5 Å². The summed E-state index contributed by atoms with van der Waals surface area (Å²) in [5.41, 5.74) is -0.829. The standard InChI is InChI=1S/C8H8BF3O3/c1-14-7-4-5(8(10,11)12)2-3-6(7)15-9-13/h2-4,9,13H,1H3. The summed E-state index contributed by atoms with van der Waals surface area (Å²) in [6, 6.07) is 2.76. The SMILES string of the molecule is COc1cc(C(F)(F)F)ccc1OBO. The Labute approximate surface area is 84.7 Å². The van der Waals surface area contributed by atoms with Gasteiger partial charge in [-0.2, -0.15) is 13.2 Å². The molecule has 0 aliphatic carbocycles. The highest BCUT2D eigenvalue weighted by atomic mass is 19.4. The molecule has 0 heterocycles. The van der Waals surface area contributed by atoms with Gasteiger partial charge in [0.15, 0.2) is 5.75 Å². The third-order valence-electron chi connectivity index (χ3n) is 1.71. The minimum absolute atomic E-state index is 0.0630. The lowest BCUT2D eigenvalue weighted by molar-refractivity contribution is -0.137. The zero-order valence-corrected chi connectivity index (χ0v) is 7.84. The Morgan fingerprint density at radius 2 is 1.93 bits per heavy atom. The predicted octanol–water partition coefficient (Wildman–Crippen LogP) is 1.35. The molecule has 7 heteroatoms. The summed E-state index contributed by atoms with van der Waals surface area (Å²) in [5.74, 6) is -0.00752. The van der Waals surface area contributed by atoms with Crippen LogP contribution in [0.4, 0.5) is 13.2 Å². The second-order valence-corrected chi connectivity index (χ2v) is 2.64. The van der Waals surface area contributed by atoms with Gasteiger partial charge in [0.1, 0.15) is 5.75 Å². The molecule has 0 saturated heterocycles. The molecule has 0 radical (unpaired) electrons. The number of benzene rings is 1. The average molecular weight is 220 g/mol. The van der Waals surface area contributed by atoms with Crippen LogP contribution in [-0.2, 0) is 6.18 Å². The van der Waals surface area contributed by atoms with Crippen molar-refractivity contribution in [1.82, 2.24) is 0 Å². The Kier molecular flexibility index (Phi) is 3.46. The largest absolute Gasteiger partial charge is 0.536 e. The van der Waals surface area contributed by atoms with Crippen LogP contribution < -0.4 is 9.39 Å². The molecule has 1 N–H and O–H groups in total. The van der Waals surface area contributed by atoms with Crippen LogP contribution in [0.2, 0.25) is 0 Å². The first-order valence-electron chi connectivity index (χ1n) is 3.98. The van der Waals surface area contributed by atoms with E-state index in [0.717, 1.165) is 18.2 Å². The van der Waals surface area contributed by atoms with Gasteiger partial charge in [-0.3, -0.25) is 0 Å². The molecule has 1 rings (SSSR count). The zero-order valence-electron chi connectivity index (χ0n) is 7.84. The Balaban J connectivity index is 3.08. The molecule has 0 aromatic heterocycles. The number of rotatable bonds is 3.